The molecule has 19 heavy (non-hydrogen) atoms. The average molecular weight is 283 g/mol. The molecule has 1 saturated heterocycles. The summed E-state index contributed by atoms with van der Waals surface area (Å²) in [5, 5.41) is 4.16. The number of aryl methyl sites for hydroxylation is 1. The summed E-state index contributed by atoms with van der Waals surface area (Å²) >= 11 is 1.51. The van der Waals surface area contributed by atoms with Crippen molar-refractivity contribution in [1.82, 2.24) is 9.88 Å². The summed E-state index contributed by atoms with van der Waals surface area (Å²) in [5.41, 5.74) is 0.427. The molecule has 5 nitrogen and oxygen atoms in total. The first-order valence-corrected chi connectivity index (χ1v) is 7.47. The Morgan fingerprint density at radius 3 is 3.05 bits per heavy atom. The number of likely N-dealkylation sites (tertiary alicyclic amines) is 1. The Morgan fingerprint density at radius 2 is 2.42 bits per heavy atom. The van der Waals surface area contributed by atoms with Crippen molar-refractivity contribution in [2.75, 3.05) is 38.6 Å². The van der Waals surface area contributed by atoms with Gasteiger partial charge in [0.25, 0.3) is 0 Å². The van der Waals surface area contributed by atoms with Gasteiger partial charge in [-0.15, -0.1) is 11.3 Å². The Bertz CT molecular complexity index is 447. The van der Waals surface area contributed by atoms with Gasteiger partial charge in [-0.2, -0.15) is 0 Å². The van der Waals surface area contributed by atoms with Crippen LogP contribution in [0.15, 0.2) is 0 Å². The van der Waals surface area contributed by atoms with Crippen LogP contribution in [0, 0.1) is 12.8 Å². The van der Waals surface area contributed by atoms with Crippen LogP contribution in [-0.2, 0) is 4.74 Å². The number of carbonyl (C=O) groups is 1. The quantitative estimate of drug-likeness (QED) is 0.838. The number of nitrogens with one attached hydrogen (secondary N) is 1. The second kappa shape index (κ2) is 6.34. The van der Waals surface area contributed by atoms with Gasteiger partial charge in [-0.05, 0) is 32.4 Å². The number of thiazole rings is 1. The molecule has 1 atom stereocenters. The first-order valence-electron chi connectivity index (χ1n) is 6.66. The van der Waals surface area contributed by atoms with Gasteiger partial charge in [0, 0.05) is 18.0 Å². The van der Waals surface area contributed by atoms with E-state index in [-0.39, 0.29) is 5.97 Å². The highest BCUT2D eigenvalue weighted by atomic mass is 32.1. The summed E-state index contributed by atoms with van der Waals surface area (Å²) in [6.45, 7) is 8.47. The lowest BCUT2D eigenvalue weighted by molar-refractivity contribution is 0.0594. The third-order valence-corrected chi connectivity index (χ3v) is 4.46. The van der Waals surface area contributed by atoms with Crippen molar-refractivity contribution in [1.29, 1.82) is 0 Å². The van der Waals surface area contributed by atoms with E-state index in [0.717, 1.165) is 29.6 Å². The van der Waals surface area contributed by atoms with Crippen molar-refractivity contribution < 1.29 is 9.53 Å². The summed E-state index contributed by atoms with van der Waals surface area (Å²) in [7, 11) is 1.38. The maximum Gasteiger partial charge on any atom is 0.357 e. The predicted octanol–water partition coefficient (Wildman–Crippen LogP) is 1.99. The molecular weight excluding hydrogens is 262 g/mol. The molecule has 0 radical (unpaired) electrons. The van der Waals surface area contributed by atoms with Crippen LogP contribution < -0.4 is 5.32 Å². The summed E-state index contributed by atoms with van der Waals surface area (Å²) < 4.78 is 4.71. The second-order valence-corrected chi connectivity index (χ2v) is 6.05. The molecule has 1 fully saturated rings. The molecule has 1 aliphatic rings. The minimum absolute atomic E-state index is 0.361. The van der Waals surface area contributed by atoms with Crippen molar-refractivity contribution >= 4 is 22.4 Å². The minimum atomic E-state index is -0.361. The molecule has 1 aromatic heterocycles. The second-order valence-electron chi connectivity index (χ2n) is 4.84. The molecule has 1 unspecified atom stereocenters. The number of anilines is 1. The van der Waals surface area contributed by atoms with E-state index >= 15 is 0 Å². The fourth-order valence-corrected chi connectivity index (χ4v) is 3.16. The van der Waals surface area contributed by atoms with E-state index in [0.29, 0.717) is 11.6 Å². The number of rotatable bonds is 5. The molecule has 2 heterocycles. The summed E-state index contributed by atoms with van der Waals surface area (Å²) in [6.07, 6.45) is 1.23. The fourth-order valence-electron chi connectivity index (χ4n) is 2.36. The minimum Gasteiger partial charge on any atom is -0.464 e. The third-order valence-electron chi connectivity index (χ3n) is 3.53. The molecule has 0 spiro atoms. The highest BCUT2D eigenvalue weighted by Gasteiger charge is 2.22. The SMILES string of the molecule is CCN1CCC(CNc2nc(C(=O)OC)c(C)s2)C1. The lowest BCUT2D eigenvalue weighted by atomic mass is 10.1. The molecule has 106 valence electrons. The van der Waals surface area contributed by atoms with E-state index < -0.39 is 0 Å². The van der Waals surface area contributed by atoms with E-state index in [1.165, 1.54) is 31.4 Å². The summed E-state index contributed by atoms with van der Waals surface area (Å²) in [6, 6.07) is 0. The normalized spacial score (nSPS) is 19.6. The Morgan fingerprint density at radius 1 is 1.63 bits per heavy atom. The summed E-state index contributed by atoms with van der Waals surface area (Å²) in [5.74, 6) is 0.311. The standard InChI is InChI=1S/C13H21N3O2S/c1-4-16-6-5-10(8-16)7-14-13-15-11(9(2)19-13)12(17)18-3/h10H,4-8H2,1-3H3,(H,14,15). The smallest absolute Gasteiger partial charge is 0.357 e. The zero-order valence-corrected chi connectivity index (χ0v) is 12.5. The van der Waals surface area contributed by atoms with Gasteiger partial charge in [0.1, 0.15) is 0 Å². The Hall–Kier alpha value is -1.14. The summed E-state index contributed by atoms with van der Waals surface area (Å²) in [4.78, 5) is 19.1. The van der Waals surface area contributed by atoms with Crippen molar-refractivity contribution in [3.63, 3.8) is 0 Å². The number of nitrogens with zero attached hydrogens (tertiary/aromatic N) is 2. The average Bonchev–Trinajstić information content (AvgIpc) is 3.01. The number of carbonyl (C=O) groups excluding carboxylic acids is 1. The van der Waals surface area contributed by atoms with Crippen molar-refractivity contribution in [2.24, 2.45) is 5.92 Å². The third kappa shape index (κ3) is 3.45. The lowest BCUT2D eigenvalue weighted by Crippen LogP contribution is -2.22. The van der Waals surface area contributed by atoms with Gasteiger partial charge in [-0.25, -0.2) is 9.78 Å². The molecule has 0 aromatic carbocycles. The van der Waals surface area contributed by atoms with E-state index in [9.17, 15) is 4.79 Å². The first kappa shape index (κ1) is 14.3. The van der Waals surface area contributed by atoms with Gasteiger partial charge in [0.05, 0.1) is 7.11 Å². The Balaban J connectivity index is 1.88. The van der Waals surface area contributed by atoms with E-state index in [4.69, 9.17) is 4.74 Å². The number of hydrogen-bond donors (Lipinski definition) is 1. The zero-order valence-electron chi connectivity index (χ0n) is 11.7. The van der Waals surface area contributed by atoms with Gasteiger partial charge in [-0.1, -0.05) is 6.92 Å². The highest BCUT2D eigenvalue weighted by molar-refractivity contribution is 7.15. The molecule has 0 aliphatic carbocycles. The molecule has 0 amide bonds. The molecule has 1 N–H and O–H groups in total. The first-order chi connectivity index (χ1) is 9.13. The number of ether oxygens (including phenoxy) is 1. The van der Waals surface area contributed by atoms with Crippen LogP contribution in [0.2, 0.25) is 0 Å². The van der Waals surface area contributed by atoms with Crippen molar-refractivity contribution in [3.05, 3.63) is 10.6 Å². The van der Waals surface area contributed by atoms with Crippen LogP contribution in [0.4, 0.5) is 5.13 Å². The van der Waals surface area contributed by atoms with Crippen LogP contribution in [0.1, 0.15) is 28.7 Å². The highest BCUT2D eigenvalue weighted by Crippen LogP contribution is 2.24. The zero-order chi connectivity index (χ0) is 13.8. The van der Waals surface area contributed by atoms with Crippen LogP contribution >= 0.6 is 11.3 Å². The van der Waals surface area contributed by atoms with E-state index in [1.54, 1.807) is 0 Å². The van der Waals surface area contributed by atoms with Gasteiger partial charge < -0.3 is 15.0 Å². The maximum absolute atomic E-state index is 11.5. The van der Waals surface area contributed by atoms with Crippen molar-refractivity contribution in [2.45, 2.75) is 20.3 Å². The molecule has 0 saturated carbocycles. The largest absolute Gasteiger partial charge is 0.464 e. The number of hydrogen-bond acceptors (Lipinski definition) is 6. The Kier molecular flexibility index (Phi) is 4.76. The monoisotopic (exact) mass is 283 g/mol. The van der Waals surface area contributed by atoms with Gasteiger partial charge in [0.2, 0.25) is 0 Å². The van der Waals surface area contributed by atoms with Gasteiger partial charge in [-0.3, -0.25) is 0 Å². The predicted molar refractivity (Wildman–Crippen MR) is 76.9 cm³/mol. The molecule has 1 aliphatic heterocycles. The molecular formula is C13H21N3O2S. The van der Waals surface area contributed by atoms with Crippen LogP contribution in [0.3, 0.4) is 0 Å². The number of esters is 1. The van der Waals surface area contributed by atoms with Crippen LogP contribution in [0.25, 0.3) is 0 Å². The van der Waals surface area contributed by atoms with Crippen molar-refractivity contribution in [3.8, 4) is 0 Å². The molecule has 1 aromatic rings. The van der Waals surface area contributed by atoms with Crippen LogP contribution in [-0.4, -0.2) is 49.1 Å². The molecule has 6 heteroatoms. The topological polar surface area (TPSA) is 54.5 Å². The number of aromatic nitrogens is 1. The van der Waals surface area contributed by atoms with Crippen LogP contribution in [0.5, 0.6) is 0 Å². The van der Waals surface area contributed by atoms with E-state index in [2.05, 4.69) is 22.1 Å². The maximum atomic E-state index is 11.5. The van der Waals surface area contributed by atoms with E-state index in [1.807, 2.05) is 6.92 Å². The molecule has 0 bridgehead atoms. The van der Waals surface area contributed by atoms with Gasteiger partial charge in [0.15, 0.2) is 10.8 Å². The lowest BCUT2D eigenvalue weighted by Gasteiger charge is -2.13. The number of methoxy groups -OCH3 is 1. The Labute approximate surface area is 118 Å². The molecule has 2 rings (SSSR count). The fraction of sp³-hybridized carbons (Fsp3) is 0.692. The van der Waals surface area contributed by atoms with Gasteiger partial charge >= 0.3 is 5.97 Å².